The lowest BCUT2D eigenvalue weighted by molar-refractivity contribution is 0.102. The third-order valence-electron chi connectivity index (χ3n) is 3.32. The molecule has 0 aliphatic carbocycles. The summed E-state index contributed by atoms with van der Waals surface area (Å²) in [6.45, 7) is 8.04. The summed E-state index contributed by atoms with van der Waals surface area (Å²) in [5, 5.41) is 8.93. The molecule has 0 radical (unpaired) electrons. The Hall–Kier alpha value is -1.40. The van der Waals surface area contributed by atoms with E-state index < -0.39 is 0 Å². The summed E-state index contributed by atoms with van der Waals surface area (Å²) < 4.78 is 6.20. The predicted octanol–water partition coefficient (Wildman–Crippen LogP) is 4.26. The molecule has 0 saturated heterocycles. The van der Waals surface area contributed by atoms with E-state index in [2.05, 4.69) is 24.0 Å². The molecule has 0 aliphatic rings. The molecule has 2 rings (SSSR count). The SMILES string of the molecule is COc1cc(C(C)C)c(C(=O)CSc2nnc(C)s2)cc1C. The molecule has 1 heterocycles. The van der Waals surface area contributed by atoms with Crippen molar-refractivity contribution < 1.29 is 9.53 Å². The van der Waals surface area contributed by atoms with Gasteiger partial charge in [-0.25, -0.2) is 0 Å². The maximum Gasteiger partial charge on any atom is 0.174 e. The average Bonchev–Trinajstić information content (AvgIpc) is 2.89. The summed E-state index contributed by atoms with van der Waals surface area (Å²) in [6.07, 6.45) is 0. The quantitative estimate of drug-likeness (QED) is 0.583. The molecule has 0 fully saturated rings. The molecule has 0 unspecified atom stereocenters. The summed E-state index contributed by atoms with van der Waals surface area (Å²) in [5.74, 6) is 1.59. The predicted molar refractivity (Wildman–Crippen MR) is 91.5 cm³/mol. The van der Waals surface area contributed by atoms with Gasteiger partial charge in [-0.05, 0) is 43.0 Å². The van der Waals surface area contributed by atoms with E-state index in [1.54, 1.807) is 7.11 Å². The van der Waals surface area contributed by atoms with Crippen molar-refractivity contribution in [2.24, 2.45) is 0 Å². The van der Waals surface area contributed by atoms with Gasteiger partial charge >= 0.3 is 0 Å². The van der Waals surface area contributed by atoms with Crippen molar-refractivity contribution in [2.45, 2.75) is 38.0 Å². The summed E-state index contributed by atoms with van der Waals surface area (Å²) in [5.41, 5.74) is 2.79. The number of carbonyl (C=O) groups is 1. The largest absolute Gasteiger partial charge is 0.496 e. The fourth-order valence-corrected chi connectivity index (χ4v) is 3.88. The zero-order chi connectivity index (χ0) is 16.3. The molecule has 118 valence electrons. The highest BCUT2D eigenvalue weighted by atomic mass is 32.2. The van der Waals surface area contributed by atoms with Crippen LogP contribution in [0.4, 0.5) is 0 Å². The number of Topliss-reactive ketones (excluding diaryl/α,β-unsaturated/α-hetero) is 1. The van der Waals surface area contributed by atoms with Gasteiger partial charge in [-0.3, -0.25) is 4.79 Å². The zero-order valence-electron chi connectivity index (χ0n) is 13.5. The molecule has 0 aliphatic heterocycles. The van der Waals surface area contributed by atoms with Gasteiger partial charge in [0.1, 0.15) is 10.8 Å². The maximum absolute atomic E-state index is 12.6. The van der Waals surface area contributed by atoms with Gasteiger partial charge in [0.25, 0.3) is 0 Å². The highest BCUT2D eigenvalue weighted by Gasteiger charge is 2.17. The van der Waals surface area contributed by atoms with Gasteiger partial charge in [-0.15, -0.1) is 10.2 Å². The van der Waals surface area contributed by atoms with E-state index >= 15 is 0 Å². The van der Waals surface area contributed by atoms with Crippen LogP contribution in [-0.2, 0) is 0 Å². The molecular formula is C16H20N2O2S2. The number of carbonyl (C=O) groups excluding carboxylic acids is 1. The van der Waals surface area contributed by atoms with Crippen molar-refractivity contribution in [3.63, 3.8) is 0 Å². The van der Waals surface area contributed by atoms with Crippen LogP contribution in [0.15, 0.2) is 16.5 Å². The first-order valence-electron chi connectivity index (χ1n) is 7.07. The van der Waals surface area contributed by atoms with Crippen LogP contribution in [-0.4, -0.2) is 28.8 Å². The molecule has 0 N–H and O–H groups in total. The number of methoxy groups -OCH3 is 1. The molecule has 0 spiro atoms. The molecule has 2 aromatic rings. The average molecular weight is 336 g/mol. The van der Waals surface area contributed by atoms with E-state index in [9.17, 15) is 4.79 Å². The third-order valence-corrected chi connectivity index (χ3v) is 5.30. The fourth-order valence-electron chi connectivity index (χ4n) is 2.18. The minimum atomic E-state index is 0.118. The molecule has 0 bridgehead atoms. The molecule has 1 aromatic heterocycles. The van der Waals surface area contributed by atoms with Crippen LogP contribution in [0.3, 0.4) is 0 Å². The van der Waals surface area contributed by atoms with Gasteiger partial charge in [-0.2, -0.15) is 0 Å². The maximum atomic E-state index is 12.6. The van der Waals surface area contributed by atoms with Gasteiger partial charge in [0, 0.05) is 5.56 Å². The minimum absolute atomic E-state index is 0.118. The van der Waals surface area contributed by atoms with Gasteiger partial charge in [0.2, 0.25) is 0 Å². The lowest BCUT2D eigenvalue weighted by atomic mass is 9.93. The first-order chi connectivity index (χ1) is 10.4. The monoisotopic (exact) mass is 336 g/mol. The van der Waals surface area contributed by atoms with Crippen LogP contribution in [0.25, 0.3) is 0 Å². The first kappa shape index (κ1) is 17.0. The number of nitrogens with zero attached hydrogens (tertiary/aromatic N) is 2. The summed E-state index contributed by atoms with van der Waals surface area (Å²) in [6, 6.07) is 3.91. The van der Waals surface area contributed by atoms with Crippen LogP contribution >= 0.6 is 23.1 Å². The Balaban J connectivity index is 2.22. The molecule has 0 atom stereocenters. The Morgan fingerprint density at radius 1 is 1.32 bits per heavy atom. The van der Waals surface area contributed by atoms with E-state index in [0.717, 1.165) is 31.8 Å². The number of hydrogen-bond acceptors (Lipinski definition) is 6. The van der Waals surface area contributed by atoms with Crippen molar-refractivity contribution in [3.05, 3.63) is 33.8 Å². The number of benzene rings is 1. The molecule has 0 saturated carbocycles. The molecule has 22 heavy (non-hydrogen) atoms. The van der Waals surface area contributed by atoms with E-state index in [1.165, 1.54) is 23.1 Å². The number of thioether (sulfide) groups is 1. The Morgan fingerprint density at radius 2 is 2.05 bits per heavy atom. The highest BCUT2D eigenvalue weighted by molar-refractivity contribution is 8.01. The van der Waals surface area contributed by atoms with Crippen molar-refractivity contribution in [1.29, 1.82) is 0 Å². The van der Waals surface area contributed by atoms with Gasteiger partial charge in [0.15, 0.2) is 10.1 Å². The Labute approximate surface area is 139 Å². The number of hydrogen-bond donors (Lipinski definition) is 0. The van der Waals surface area contributed by atoms with Crippen LogP contribution in [0.2, 0.25) is 0 Å². The zero-order valence-corrected chi connectivity index (χ0v) is 15.1. The lowest BCUT2D eigenvalue weighted by Gasteiger charge is -2.15. The second-order valence-electron chi connectivity index (χ2n) is 5.36. The Morgan fingerprint density at radius 3 is 2.59 bits per heavy atom. The number of aryl methyl sites for hydroxylation is 2. The Kier molecular flexibility index (Phi) is 5.58. The fraction of sp³-hybridized carbons (Fsp3) is 0.438. The number of rotatable bonds is 6. The lowest BCUT2D eigenvalue weighted by Crippen LogP contribution is -2.09. The highest BCUT2D eigenvalue weighted by Crippen LogP contribution is 2.30. The first-order valence-corrected chi connectivity index (χ1v) is 8.87. The van der Waals surface area contributed by atoms with Gasteiger partial charge < -0.3 is 4.74 Å². The van der Waals surface area contributed by atoms with Crippen molar-refractivity contribution >= 4 is 28.9 Å². The van der Waals surface area contributed by atoms with E-state index in [4.69, 9.17) is 4.74 Å². The van der Waals surface area contributed by atoms with Crippen LogP contribution in [0.1, 0.15) is 46.3 Å². The van der Waals surface area contributed by atoms with Crippen molar-refractivity contribution in [3.8, 4) is 5.75 Å². The van der Waals surface area contributed by atoms with E-state index in [-0.39, 0.29) is 11.7 Å². The van der Waals surface area contributed by atoms with Gasteiger partial charge in [0.05, 0.1) is 12.9 Å². The second kappa shape index (κ2) is 7.24. The summed E-state index contributed by atoms with van der Waals surface area (Å²) >= 11 is 2.96. The molecular weight excluding hydrogens is 316 g/mol. The molecule has 1 aromatic carbocycles. The summed E-state index contributed by atoms with van der Waals surface area (Å²) in [4.78, 5) is 12.6. The smallest absolute Gasteiger partial charge is 0.174 e. The van der Waals surface area contributed by atoms with Crippen LogP contribution < -0.4 is 4.74 Å². The number of aromatic nitrogens is 2. The van der Waals surface area contributed by atoms with Gasteiger partial charge in [-0.1, -0.05) is 36.9 Å². The Bertz CT molecular complexity index is 681. The minimum Gasteiger partial charge on any atom is -0.496 e. The van der Waals surface area contributed by atoms with Crippen LogP contribution in [0, 0.1) is 13.8 Å². The number of ether oxygens (including phenoxy) is 1. The summed E-state index contributed by atoms with van der Waals surface area (Å²) in [7, 11) is 1.65. The third kappa shape index (κ3) is 3.87. The standard InChI is InChI=1S/C16H20N2O2S2/c1-9(2)12-7-15(20-5)10(3)6-13(12)14(19)8-21-16-18-17-11(4)22-16/h6-7,9H,8H2,1-5H3. The van der Waals surface area contributed by atoms with Crippen molar-refractivity contribution in [2.75, 3.05) is 12.9 Å². The topological polar surface area (TPSA) is 52.1 Å². The van der Waals surface area contributed by atoms with Crippen LogP contribution in [0.5, 0.6) is 5.75 Å². The van der Waals surface area contributed by atoms with E-state index in [1.807, 2.05) is 26.0 Å². The number of ketones is 1. The van der Waals surface area contributed by atoms with Crippen molar-refractivity contribution in [1.82, 2.24) is 10.2 Å². The normalized spacial score (nSPS) is 11.0. The molecule has 6 heteroatoms. The van der Waals surface area contributed by atoms with E-state index in [0.29, 0.717) is 5.75 Å². The molecule has 0 amide bonds. The molecule has 4 nitrogen and oxygen atoms in total. The second-order valence-corrected chi connectivity index (χ2v) is 7.77.